The molecule has 4 rings (SSSR count). The van der Waals surface area contributed by atoms with Gasteiger partial charge in [0.1, 0.15) is 4.83 Å². The molecule has 0 aliphatic rings. The Morgan fingerprint density at radius 2 is 1.69 bits per heavy atom. The molecule has 0 bridgehead atoms. The van der Waals surface area contributed by atoms with Gasteiger partial charge in [-0.15, -0.1) is 11.3 Å². The van der Waals surface area contributed by atoms with Gasteiger partial charge < -0.3 is 5.73 Å². The summed E-state index contributed by atoms with van der Waals surface area (Å²) in [7, 11) is 0. The zero-order valence-corrected chi connectivity index (χ0v) is 15.4. The van der Waals surface area contributed by atoms with Crippen molar-refractivity contribution in [3.8, 4) is 22.4 Å². The van der Waals surface area contributed by atoms with E-state index < -0.39 is 0 Å². The standard InChI is InChI=1S/C22H18N2OS/c1-13-8-10-15(11-9-13)17-12-18(16-6-4-3-5-7-16)24-22-19(17)20(23)21(26-22)14(2)25/h3-12H,23H2,1-2H3. The highest BCUT2D eigenvalue weighted by atomic mass is 32.1. The molecule has 0 aliphatic heterocycles. The minimum Gasteiger partial charge on any atom is -0.397 e. The van der Waals surface area contributed by atoms with E-state index in [4.69, 9.17) is 10.7 Å². The van der Waals surface area contributed by atoms with E-state index in [0.717, 1.165) is 32.6 Å². The highest BCUT2D eigenvalue weighted by molar-refractivity contribution is 7.21. The van der Waals surface area contributed by atoms with Gasteiger partial charge >= 0.3 is 0 Å². The number of hydrogen-bond donors (Lipinski definition) is 1. The molecule has 0 spiro atoms. The first-order valence-corrected chi connectivity index (χ1v) is 9.22. The Labute approximate surface area is 156 Å². The normalized spacial score (nSPS) is 11.0. The molecule has 3 nitrogen and oxygen atoms in total. The maximum Gasteiger partial charge on any atom is 0.171 e. The predicted octanol–water partition coefficient (Wildman–Crippen LogP) is 5.72. The lowest BCUT2D eigenvalue weighted by atomic mass is 9.98. The Morgan fingerprint density at radius 1 is 1.00 bits per heavy atom. The number of hydrogen-bond acceptors (Lipinski definition) is 4. The highest BCUT2D eigenvalue weighted by Gasteiger charge is 2.19. The summed E-state index contributed by atoms with van der Waals surface area (Å²) in [4.78, 5) is 18.2. The van der Waals surface area contributed by atoms with Gasteiger partial charge in [-0.25, -0.2) is 4.98 Å². The zero-order chi connectivity index (χ0) is 18.3. The number of carbonyl (C=O) groups is 1. The molecule has 0 fully saturated rings. The van der Waals surface area contributed by atoms with Crippen molar-refractivity contribution in [3.05, 3.63) is 71.1 Å². The smallest absolute Gasteiger partial charge is 0.171 e. The lowest BCUT2D eigenvalue weighted by Crippen LogP contribution is -1.95. The van der Waals surface area contributed by atoms with Crippen LogP contribution in [0.5, 0.6) is 0 Å². The van der Waals surface area contributed by atoms with Crippen LogP contribution in [0.4, 0.5) is 5.69 Å². The number of thiophene rings is 1. The number of aryl methyl sites for hydroxylation is 1. The number of carbonyl (C=O) groups excluding carboxylic acids is 1. The fourth-order valence-corrected chi connectivity index (χ4v) is 4.12. The van der Waals surface area contributed by atoms with Gasteiger partial charge in [-0.05, 0) is 24.1 Å². The number of nitrogens with zero attached hydrogens (tertiary/aromatic N) is 1. The molecule has 0 amide bonds. The van der Waals surface area contributed by atoms with Gasteiger partial charge in [-0.3, -0.25) is 4.79 Å². The molecule has 0 unspecified atom stereocenters. The Kier molecular flexibility index (Phi) is 4.05. The largest absolute Gasteiger partial charge is 0.397 e. The second kappa shape index (κ2) is 6.39. The average Bonchev–Trinajstić information content (AvgIpc) is 2.99. The van der Waals surface area contributed by atoms with Gasteiger partial charge in [0.2, 0.25) is 0 Å². The summed E-state index contributed by atoms with van der Waals surface area (Å²) in [6.45, 7) is 3.61. The molecule has 26 heavy (non-hydrogen) atoms. The van der Waals surface area contributed by atoms with Crippen molar-refractivity contribution in [2.75, 3.05) is 5.73 Å². The third kappa shape index (κ3) is 2.78. The van der Waals surface area contributed by atoms with Gasteiger partial charge in [-0.2, -0.15) is 0 Å². The topological polar surface area (TPSA) is 56.0 Å². The summed E-state index contributed by atoms with van der Waals surface area (Å²) in [6.07, 6.45) is 0. The van der Waals surface area contributed by atoms with E-state index in [2.05, 4.69) is 37.3 Å². The quantitative estimate of drug-likeness (QED) is 0.476. The van der Waals surface area contributed by atoms with E-state index in [1.54, 1.807) is 6.92 Å². The van der Waals surface area contributed by atoms with Crippen molar-refractivity contribution in [1.82, 2.24) is 4.98 Å². The van der Waals surface area contributed by atoms with Crippen LogP contribution in [-0.4, -0.2) is 10.8 Å². The Hall–Kier alpha value is -2.98. The Morgan fingerprint density at radius 3 is 2.35 bits per heavy atom. The second-order valence-electron chi connectivity index (χ2n) is 6.37. The lowest BCUT2D eigenvalue weighted by molar-refractivity contribution is 0.102. The summed E-state index contributed by atoms with van der Waals surface area (Å²) in [6, 6.07) is 20.5. The van der Waals surface area contributed by atoms with E-state index >= 15 is 0 Å². The molecule has 0 saturated carbocycles. The lowest BCUT2D eigenvalue weighted by Gasteiger charge is -2.09. The maximum absolute atomic E-state index is 12.0. The van der Waals surface area contributed by atoms with Crippen molar-refractivity contribution < 1.29 is 4.79 Å². The molecule has 128 valence electrons. The van der Waals surface area contributed by atoms with Crippen LogP contribution in [0.2, 0.25) is 0 Å². The van der Waals surface area contributed by atoms with Gasteiger partial charge in [-0.1, -0.05) is 60.2 Å². The van der Waals surface area contributed by atoms with Crippen LogP contribution in [0, 0.1) is 6.92 Å². The number of Topliss-reactive ketones (excluding diaryl/α,β-unsaturated/α-hetero) is 1. The molecule has 0 saturated heterocycles. The van der Waals surface area contributed by atoms with Crippen molar-refractivity contribution in [2.24, 2.45) is 0 Å². The van der Waals surface area contributed by atoms with Crippen LogP contribution in [0.3, 0.4) is 0 Å². The van der Waals surface area contributed by atoms with E-state index in [9.17, 15) is 4.79 Å². The van der Waals surface area contributed by atoms with E-state index in [1.165, 1.54) is 16.9 Å². The van der Waals surface area contributed by atoms with Crippen molar-refractivity contribution in [2.45, 2.75) is 13.8 Å². The monoisotopic (exact) mass is 358 g/mol. The molecule has 4 aromatic rings. The van der Waals surface area contributed by atoms with Crippen LogP contribution in [0.1, 0.15) is 22.2 Å². The van der Waals surface area contributed by atoms with Crippen LogP contribution >= 0.6 is 11.3 Å². The Bertz CT molecular complexity index is 1110. The second-order valence-corrected chi connectivity index (χ2v) is 7.37. The van der Waals surface area contributed by atoms with Crippen molar-refractivity contribution in [1.29, 1.82) is 0 Å². The number of pyridine rings is 1. The molecular weight excluding hydrogens is 340 g/mol. The number of aromatic nitrogens is 1. The molecule has 0 radical (unpaired) electrons. The third-order valence-electron chi connectivity index (χ3n) is 4.45. The first-order chi connectivity index (χ1) is 12.5. The van der Waals surface area contributed by atoms with Gasteiger partial charge in [0.25, 0.3) is 0 Å². The molecule has 2 N–H and O–H groups in total. The van der Waals surface area contributed by atoms with Gasteiger partial charge in [0, 0.05) is 17.9 Å². The van der Waals surface area contributed by atoms with Crippen LogP contribution in [0.25, 0.3) is 32.6 Å². The molecule has 4 heteroatoms. The number of anilines is 1. The molecule has 2 heterocycles. The number of rotatable bonds is 3. The van der Waals surface area contributed by atoms with Crippen LogP contribution in [-0.2, 0) is 0 Å². The summed E-state index contributed by atoms with van der Waals surface area (Å²) < 4.78 is 0. The zero-order valence-electron chi connectivity index (χ0n) is 14.6. The first kappa shape index (κ1) is 16.5. The van der Waals surface area contributed by atoms with Crippen LogP contribution < -0.4 is 5.73 Å². The maximum atomic E-state index is 12.0. The number of ketones is 1. The molecule has 2 aromatic carbocycles. The summed E-state index contributed by atoms with van der Waals surface area (Å²) in [5.74, 6) is -0.0263. The summed E-state index contributed by atoms with van der Waals surface area (Å²) >= 11 is 1.37. The number of nitrogens with two attached hydrogens (primary N) is 1. The van der Waals surface area contributed by atoms with Gasteiger partial charge in [0.15, 0.2) is 5.78 Å². The van der Waals surface area contributed by atoms with Gasteiger partial charge in [0.05, 0.1) is 16.3 Å². The predicted molar refractivity (Wildman–Crippen MR) is 110 cm³/mol. The number of nitrogen functional groups attached to an aromatic ring is 1. The van der Waals surface area contributed by atoms with Crippen LogP contribution in [0.15, 0.2) is 60.7 Å². The Balaban J connectivity index is 2.06. The van der Waals surface area contributed by atoms with E-state index in [1.807, 2.05) is 30.3 Å². The minimum atomic E-state index is -0.0263. The third-order valence-corrected chi connectivity index (χ3v) is 5.65. The number of fused-ring (bicyclic) bond motifs is 1. The fraction of sp³-hybridized carbons (Fsp3) is 0.0909. The van der Waals surface area contributed by atoms with Crippen molar-refractivity contribution in [3.63, 3.8) is 0 Å². The highest BCUT2D eigenvalue weighted by Crippen LogP contribution is 2.41. The van der Waals surface area contributed by atoms with Crippen molar-refractivity contribution >= 4 is 33.0 Å². The SMILES string of the molecule is CC(=O)c1sc2nc(-c3ccccc3)cc(-c3ccc(C)cc3)c2c1N. The molecule has 0 atom stereocenters. The molecule has 2 aromatic heterocycles. The van der Waals surface area contributed by atoms with E-state index in [0.29, 0.717) is 10.6 Å². The summed E-state index contributed by atoms with van der Waals surface area (Å²) in [5, 5.41) is 0.865. The molecule has 0 aliphatic carbocycles. The summed E-state index contributed by atoms with van der Waals surface area (Å²) in [5.41, 5.74) is 12.1. The van der Waals surface area contributed by atoms with E-state index in [-0.39, 0.29) is 5.78 Å². The average molecular weight is 358 g/mol. The molecular formula is C22H18N2OS. The minimum absolute atomic E-state index is 0.0263. The first-order valence-electron chi connectivity index (χ1n) is 8.41. The fourth-order valence-electron chi connectivity index (χ4n) is 3.10. The number of benzene rings is 2.